The molecule has 0 N–H and O–H groups in total. The highest BCUT2D eigenvalue weighted by molar-refractivity contribution is 7.91. The highest BCUT2D eigenvalue weighted by atomic mass is 32.2. The van der Waals surface area contributed by atoms with Crippen LogP contribution >= 0.6 is 0 Å². The van der Waals surface area contributed by atoms with Crippen molar-refractivity contribution in [1.29, 1.82) is 0 Å². The van der Waals surface area contributed by atoms with Gasteiger partial charge < -0.3 is 4.55 Å². The fourth-order valence-corrected chi connectivity index (χ4v) is 2.38. The third-order valence-electron chi connectivity index (χ3n) is 1.80. The average molecular weight is 164 g/mol. The van der Waals surface area contributed by atoms with Gasteiger partial charge in [0.25, 0.3) is 0 Å². The summed E-state index contributed by atoms with van der Waals surface area (Å²) in [5.41, 5.74) is 0. The monoisotopic (exact) mass is 164 g/mol. The Morgan fingerprint density at radius 2 is 2.00 bits per heavy atom. The first-order valence-corrected chi connectivity index (χ1v) is 5.27. The molecule has 0 aromatic rings. The smallest absolute Gasteiger partial charge is 0.108 e. The van der Waals surface area contributed by atoms with E-state index in [1.165, 1.54) is 0 Å². The van der Waals surface area contributed by atoms with Crippen LogP contribution < -0.4 is 0 Å². The van der Waals surface area contributed by atoms with Crippen molar-refractivity contribution in [2.45, 2.75) is 31.9 Å². The summed E-state index contributed by atoms with van der Waals surface area (Å²) >= 11 is -0.729. The fourth-order valence-electron chi connectivity index (χ4n) is 1.13. The predicted octanol–water partition coefficient (Wildman–Crippen LogP) is 1.65. The van der Waals surface area contributed by atoms with Crippen LogP contribution in [-0.4, -0.2) is 22.2 Å². The first-order chi connectivity index (χ1) is 4.79. The van der Waals surface area contributed by atoms with Gasteiger partial charge in [0.05, 0.1) is 0 Å². The van der Waals surface area contributed by atoms with Crippen LogP contribution in [-0.2, 0) is 11.2 Å². The third kappa shape index (κ3) is 2.88. The van der Waals surface area contributed by atoms with E-state index in [-0.39, 0.29) is 0 Å². The molecule has 3 heteroatoms. The average Bonchev–Trinajstić information content (AvgIpc) is 1.90. The summed E-state index contributed by atoms with van der Waals surface area (Å²) in [6.07, 6.45) is 2.34. The molecule has 0 aliphatic carbocycles. The topological polar surface area (TPSA) is 23.1 Å². The molecule has 0 saturated carbocycles. The summed E-state index contributed by atoms with van der Waals surface area (Å²) in [4.78, 5) is 0. The lowest BCUT2D eigenvalue weighted by Gasteiger charge is -2.16. The van der Waals surface area contributed by atoms with E-state index in [1.54, 1.807) is 0 Å². The zero-order chi connectivity index (χ0) is 7.40. The van der Waals surface area contributed by atoms with Gasteiger partial charge in [-0.1, -0.05) is 11.2 Å². The van der Waals surface area contributed by atoms with Crippen LogP contribution in [0.3, 0.4) is 0 Å². The van der Waals surface area contributed by atoms with Crippen LogP contribution in [0.25, 0.3) is 0 Å². The highest BCUT2D eigenvalue weighted by Crippen LogP contribution is 2.15. The molecule has 0 aromatic carbocycles. The lowest BCUT2D eigenvalue weighted by molar-refractivity contribution is 0.297. The van der Waals surface area contributed by atoms with E-state index in [1.807, 2.05) is 0 Å². The molecule has 1 heterocycles. The second-order valence-electron chi connectivity index (χ2n) is 2.73. The van der Waals surface area contributed by atoms with Crippen LogP contribution in [0, 0.1) is 0 Å². The summed E-state index contributed by atoms with van der Waals surface area (Å²) in [7, 11) is 0. The molecule has 1 fully saturated rings. The van der Waals surface area contributed by atoms with Gasteiger partial charge in [0.2, 0.25) is 0 Å². The Bertz CT molecular complexity index is 87.6. The minimum absolute atomic E-state index is 0.507. The standard InChI is InChI=1S/C7H13FOS/c8-7-3-1-2-5-10(9)6-4-7/h7H,1-6H2. The molecule has 1 aliphatic rings. The van der Waals surface area contributed by atoms with Gasteiger partial charge in [-0.05, 0) is 19.3 Å². The summed E-state index contributed by atoms with van der Waals surface area (Å²) in [5.74, 6) is 1.36. The lowest BCUT2D eigenvalue weighted by Crippen LogP contribution is -2.18. The first-order valence-electron chi connectivity index (χ1n) is 3.78. The van der Waals surface area contributed by atoms with E-state index in [0.717, 1.165) is 18.6 Å². The Kier molecular flexibility index (Phi) is 3.49. The number of rotatable bonds is 0. The van der Waals surface area contributed by atoms with E-state index >= 15 is 0 Å². The predicted molar refractivity (Wildman–Crippen MR) is 41.2 cm³/mol. The molecule has 1 nitrogen and oxygen atoms in total. The Morgan fingerprint density at radius 3 is 2.80 bits per heavy atom. The van der Waals surface area contributed by atoms with Crippen molar-refractivity contribution >= 4 is 11.2 Å². The molecule has 0 bridgehead atoms. The molecule has 0 radical (unpaired) electrons. The van der Waals surface area contributed by atoms with E-state index in [2.05, 4.69) is 0 Å². The number of halogens is 1. The zero-order valence-corrected chi connectivity index (χ0v) is 6.83. The minimum atomic E-state index is -0.729. The molecular weight excluding hydrogens is 151 g/mol. The van der Waals surface area contributed by atoms with Gasteiger partial charge in [-0.3, -0.25) is 0 Å². The summed E-state index contributed by atoms with van der Waals surface area (Å²) in [6, 6.07) is 0. The van der Waals surface area contributed by atoms with E-state index in [4.69, 9.17) is 0 Å². The SMILES string of the molecule is [O-][S+]1CCCCC(F)CC1. The molecule has 0 aromatic heterocycles. The van der Waals surface area contributed by atoms with Crippen molar-refractivity contribution in [3.8, 4) is 0 Å². The van der Waals surface area contributed by atoms with Gasteiger partial charge in [0.1, 0.15) is 17.7 Å². The lowest BCUT2D eigenvalue weighted by atomic mass is 10.1. The molecule has 60 valence electrons. The van der Waals surface area contributed by atoms with E-state index < -0.39 is 17.3 Å². The van der Waals surface area contributed by atoms with Crippen molar-refractivity contribution in [3.05, 3.63) is 0 Å². The van der Waals surface area contributed by atoms with Gasteiger partial charge in [-0.15, -0.1) is 0 Å². The first kappa shape index (κ1) is 8.34. The van der Waals surface area contributed by atoms with Crippen LogP contribution in [0.1, 0.15) is 25.7 Å². The fraction of sp³-hybridized carbons (Fsp3) is 1.00. The van der Waals surface area contributed by atoms with Crippen molar-refractivity contribution < 1.29 is 8.94 Å². The maximum atomic E-state index is 12.7. The maximum absolute atomic E-state index is 12.7. The van der Waals surface area contributed by atoms with Crippen LogP contribution in [0.2, 0.25) is 0 Å². The van der Waals surface area contributed by atoms with E-state index in [0.29, 0.717) is 18.6 Å². The molecule has 1 aliphatic heterocycles. The molecule has 1 saturated heterocycles. The van der Waals surface area contributed by atoms with Crippen molar-refractivity contribution in [2.75, 3.05) is 11.5 Å². The minimum Gasteiger partial charge on any atom is -0.616 e. The van der Waals surface area contributed by atoms with Gasteiger partial charge in [0.15, 0.2) is 0 Å². The summed E-state index contributed by atoms with van der Waals surface area (Å²) < 4.78 is 23.6. The van der Waals surface area contributed by atoms with Crippen LogP contribution in [0.15, 0.2) is 0 Å². The van der Waals surface area contributed by atoms with Gasteiger partial charge in [-0.25, -0.2) is 4.39 Å². The maximum Gasteiger partial charge on any atom is 0.108 e. The second-order valence-corrected chi connectivity index (χ2v) is 4.43. The third-order valence-corrected chi connectivity index (χ3v) is 3.23. The Balaban J connectivity index is 2.23. The number of alkyl halides is 1. The molecular formula is C7H13FOS. The largest absolute Gasteiger partial charge is 0.616 e. The second kappa shape index (κ2) is 4.19. The molecule has 0 spiro atoms. The molecule has 1 rings (SSSR count). The van der Waals surface area contributed by atoms with Gasteiger partial charge in [0, 0.05) is 6.42 Å². The van der Waals surface area contributed by atoms with Crippen molar-refractivity contribution in [2.24, 2.45) is 0 Å². The van der Waals surface area contributed by atoms with Crippen LogP contribution in [0.5, 0.6) is 0 Å². The Morgan fingerprint density at radius 1 is 1.20 bits per heavy atom. The molecule has 0 amide bonds. The molecule has 2 atom stereocenters. The summed E-state index contributed by atoms with van der Waals surface area (Å²) in [6.45, 7) is 0. The van der Waals surface area contributed by atoms with Gasteiger partial charge >= 0.3 is 0 Å². The highest BCUT2D eigenvalue weighted by Gasteiger charge is 2.15. The van der Waals surface area contributed by atoms with Crippen molar-refractivity contribution in [1.82, 2.24) is 0 Å². The number of hydrogen-bond acceptors (Lipinski definition) is 1. The Labute approximate surface area is 64.2 Å². The quantitative estimate of drug-likeness (QED) is 0.499. The zero-order valence-electron chi connectivity index (χ0n) is 6.01. The van der Waals surface area contributed by atoms with E-state index in [9.17, 15) is 8.94 Å². The Hall–Kier alpha value is 0.240. The van der Waals surface area contributed by atoms with Gasteiger partial charge in [-0.2, -0.15) is 0 Å². The van der Waals surface area contributed by atoms with Crippen LogP contribution in [0.4, 0.5) is 4.39 Å². The van der Waals surface area contributed by atoms with Crippen molar-refractivity contribution in [3.63, 3.8) is 0 Å². The normalized spacial score (nSPS) is 36.6. The molecule has 10 heavy (non-hydrogen) atoms. The summed E-state index contributed by atoms with van der Waals surface area (Å²) in [5, 5.41) is 0. The number of hydrogen-bond donors (Lipinski definition) is 0. The molecule has 2 unspecified atom stereocenters.